The second kappa shape index (κ2) is 2.91. The van der Waals surface area contributed by atoms with Gasteiger partial charge >= 0.3 is 0 Å². The molecule has 1 rings (SSSR count). The van der Waals surface area contributed by atoms with Crippen LogP contribution >= 0.6 is 11.3 Å². The highest BCUT2D eigenvalue weighted by Gasteiger charge is 2.04. The number of aliphatic hydroxyl groups excluding tert-OH is 1. The Balaban J connectivity index is 2.65. The molecular formula is C5H8N2OS. The van der Waals surface area contributed by atoms with Gasteiger partial charge in [0.1, 0.15) is 6.10 Å². The van der Waals surface area contributed by atoms with Crippen molar-refractivity contribution in [2.75, 3.05) is 6.54 Å². The van der Waals surface area contributed by atoms with Crippen molar-refractivity contribution in [2.45, 2.75) is 6.10 Å². The molecule has 0 aliphatic carbocycles. The Morgan fingerprint density at radius 3 is 3.11 bits per heavy atom. The highest BCUT2D eigenvalue weighted by Crippen LogP contribution is 2.14. The van der Waals surface area contributed by atoms with Crippen molar-refractivity contribution in [3.05, 3.63) is 16.6 Å². The van der Waals surface area contributed by atoms with E-state index < -0.39 is 6.10 Å². The molecule has 0 bridgehead atoms. The molecule has 1 heterocycles. The summed E-state index contributed by atoms with van der Waals surface area (Å²) in [6, 6.07) is 0. The lowest BCUT2D eigenvalue weighted by atomic mass is 10.3. The van der Waals surface area contributed by atoms with Crippen LogP contribution in [-0.2, 0) is 0 Å². The Kier molecular flexibility index (Phi) is 2.16. The number of hydrogen-bond acceptors (Lipinski definition) is 4. The molecular weight excluding hydrogens is 136 g/mol. The zero-order valence-corrected chi connectivity index (χ0v) is 5.64. The molecule has 0 radical (unpaired) electrons. The van der Waals surface area contributed by atoms with Crippen LogP contribution < -0.4 is 5.73 Å². The molecule has 0 spiro atoms. The molecule has 0 fully saturated rings. The Morgan fingerprint density at radius 2 is 2.67 bits per heavy atom. The largest absolute Gasteiger partial charge is 0.386 e. The minimum absolute atomic E-state index is 0.266. The van der Waals surface area contributed by atoms with Gasteiger partial charge in [-0.2, -0.15) is 0 Å². The van der Waals surface area contributed by atoms with Crippen LogP contribution in [0.2, 0.25) is 0 Å². The van der Waals surface area contributed by atoms with Gasteiger partial charge in [-0.15, -0.1) is 11.3 Å². The van der Waals surface area contributed by atoms with Crippen LogP contribution in [0.25, 0.3) is 0 Å². The minimum Gasteiger partial charge on any atom is -0.386 e. The molecule has 0 amide bonds. The first-order chi connectivity index (χ1) is 4.34. The lowest BCUT2D eigenvalue weighted by molar-refractivity contribution is 0.190. The van der Waals surface area contributed by atoms with E-state index in [2.05, 4.69) is 4.98 Å². The van der Waals surface area contributed by atoms with Gasteiger partial charge in [0.2, 0.25) is 0 Å². The Labute approximate surface area is 57.2 Å². The van der Waals surface area contributed by atoms with E-state index >= 15 is 0 Å². The summed E-state index contributed by atoms with van der Waals surface area (Å²) in [5.41, 5.74) is 6.87. The molecule has 0 saturated carbocycles. The molecule has 9 heavy (non-hydrogen) atoms. The molecule has 1 aromatic heterocycles. The fourth-order valence-electron chi connectivity index (χ4n) is 0.506. The van der Waals surface area contributed by atoms with E-state index in [9.17, 15) is 0 Å². The predicted octanol–water partition coefficient (Wildman–Crippen LogP) is 0.135. The maximum atomic E-state index is 9.06. The summed E-state index contributed by atoms with van der Waals surface area (Å²) in [5, 5.41) is 9.06. The molecule has 0 aliphatic rings. The quantitative estimate of drug-likeness (QED) is 0.620. The normalized spacial score (nSPS) is 13.6. The van der Waals surface area contributed by atoms with E-state index in [-0.39, 0.29) is 6.54 Å². The van der Waals surface area contributed by atoms with Crippen LogP contribution in [0.3, 0.4) is 0 Å². The summed E-state index contributed by atoms with van der Waals surface area (Å²) in [5.74, 6) is 0. The van der Waals surface area contributed by atoms with Crippen LogP contribution in [-0.4, -0.2) is 16.6 Å². The predicted molar refractivity (Wildman–Crippen MR) is 36.1 cm³/mol. The Bertz CT molecular complexity index is 163. The molecule has 4 heteroatoms. The summed E-state index contributed by atoms with van der Waals surface area (Å²) in [6.45, 7) is 0.266. The average molecular weight is 144 g/mol. The third kappa shape index (κ3) is 1.48. The van der Waals surface area contributed by atoms with Crippen molar-refractivity contribution >= 4 is 11.3 Å². The number of nitrogens with zero attached hydrogens (tertiary/aromatic N) is 1. The lowest BCUT2D eigenvalue weighted by Crippen LogP contribution is -2.09. The Morgan fingerprint density at radius 1 is 1.89 bits per heavy atom. The third-order valence-electron chi connectivity index (χ3n) is 1.00. The van der Waals surface area contributed by atoms with Gasteiger partial charge in [0.15, 0.2) is 0 Å². The maximum absolute atomic E-state index is 9.06. The molecule has 3 nitrogen and oxygen atoms in total. The zero-order valence-electron chi connectivity index (χ0n) is 4.82. The summed E-state index contributed by atoms with van der Waals surface area (Å²) in [4.78, 5) is 4.63. The van der Waals surface area contributed by atoms with E-state index in [0.29, 0.717) is 0 Å². The van der Waals surface area contributed by atoms with Gasteiger partial charge in [0.25, 0.3) is 0 Å². The fourth-order valence-corrected chi connectivity index (χ4v) is 1.12. The van der Waals surface area contributed by atoms with E-state index in [0.717, 1.165) is 4.88 Å². The first-order valence-electron chi connectivity index (χ1n) is 2.61. The molecule has 50 valence electrons. The second-order valence-electron chi connectivity index (χ2n) is 1.66. The molecule has 0 aromatic carbocycles. The number of thiazole rings is 1. The molecule has 0 unspecified atom stereocenters. The fraction of sp³-hybridized carbons (Fsp3) is 0.400. The van der Waals surface area contributed by atoms with Gasteiger partial charge in [0.05, 0.1) is 10.4 Å². The summed E-state index contributed by atoms with van der Waals surface area (Å²) < 4.78 is 0. The first kappa shape index (κ1) is 6.67. The first-order valence-corrected chi connectivity index (χ1v) is 3.49. The van der Waals surface area contributed by atoms with Gasteiger partial charge in [-0.05, 0) is 0 Å². The van der Waals surface area contributed by atoms with Crippen molar-refractivity contribution in [3.8, 4) is 0 Å². The summed E-state index contributed by atoms with van der Waals surface area (Å²) in [7, 11) is 0. The third-order valence-corrected chi connectivity index (χ3v) is 1.88. The van der Waals surface area contributed by atoms with E-state index in [1.165, 1.54) is 11.3 Å². The number of rotatable bonds is 2. The number of nitrogens with two attached hydrogens (primary N) is 1. The van der Waals surface area contributed by atoms with Crippen LogP contribution in [0.4, 0.5) is 0 Å². The SMILES string of the molecule is NC[C@H](O)c1cncs1. The standard InChI is InChI=1S/C5H8N2OS/c6-1-4(8)5-2-7-3-9-5/h2-4,8H,1,6H2/t4-/m0/s1. The van der Waals surface area contributed by atoms with Crippen molar-refractivity contribution in [1.29, 1.82) is 0 Å². The highest BCUT2D eigenvalue weighted by molar-refractivity contribution is 7.09. The topological polar surface area (TPSA) is 59.1 Å². The van der Waals surface area contributed by atoms with Crippen LogP contribution in [0.1, 0.15) is 11.0 Å². The Hall–Kier alpha value is -0.450. The smallest absolute Gasteiger partial charge is 0.102 e. The average Bonchev–Trinajstić information content (AvgIpc) is 2.37. The van der Waals surface area contributed by atoms with Gasteiger partial charge in [-0.1, -0.05) is 0 Å². The van der Waals surface area contributed by atoms with Gasteiger partial charge < -0.3 is 10.8 Å². The molecule has 0 saturated heterocycles. The van der Waals surface area contributed by atoms with Gasteiger partial charge in [-0.25, -0.2) is 0 Å². The van der Waals surface area contributed by atoms with Crippen LogP contribution in [0.5, 0.6) is 0 Å². The molecule has 1 aromatic rings. The van der Waals surface area contributed by atoms with Crippen LogP contribution in [0.15, 0.2) is 11.7 Å². The van der Waals surface area contributed by atoms with Gasteiger partial charge in [0, 0.05) is 12.7 Å². The number of aromatic nitrogens is 1. The molecule has 3 N–H and O–H groups in total. The zero-order chi connectivity index (χ0) is 6.69. The van der Waals surface area contributed by atoms with E-state index in [1.54, 1.807) is 11.7 Å². The maximum Gasteiger partial charge on any atom is 0.102 e. The van der Waals surface area contributed by atoms with Crippen molar-refractivity contribution in [2.24, 2.45) is 5.73 Å². The minimum atomic E-state index is -0.530. The highest BCUT2D eigenvalue weighted by atomic mass is 32.1. The van der Waals surface area contributed by atoms with Crippen molar-refractivity contribution in [1.82, 2.24) is 4.98 Å². The summed E-state index contributed by atoms with van der Waals surface area (Å²) >= 11 is 1.41. The lowest BCUT2D eigenvalue weighted by Gasteiger charge is -2.00. The monoisotopic (exact) mass is 144 g/mol. The molecule has 0 aliphatic heterocycles. The van der Waals surface area contributed by atoms with E-state index in [4.69, 9.17) is 10.8 Å². The van der Waals surface area contributed by atoms with Gasteiger partial charge in [-0.3, -0.25) is 4.98 Å². The number of hydrogen-bond donors (Lipinski definition) is 2. The van der Waals surface area contributed by atoms with Crippen LogP contribution in [0, 0.1) is 0 Å². The van der Waals surface area contributed by atoms with Crippen molar-refractivity contribution in [3.63, 3.8) is 0 Å². The number of aliphatic hydroxyl groups is 1. The van der Waals surface area contributed by atoms with E-state index in [1.807, 2.05) is 0 Å². The van der Waals surface area contributed by atoms with Crippen molar-refractivity contribution < 1.29 is 5.11 Å². The summed E-state index contributed by atoms with van der Waals surface area (Å²) in [6.07, 6.45) is 1.10. The molecule has 1 atom stereocenters. The second-order valence-corrected chi connectivity index (χ2v) is 2.57.